The fraction of sp³-hybridized carbons (Fsp3) is 0.625. The zero-order chi connectivity index (χ0) is 15.4. The van der Waals surface area contributed by atoms with Crippen LogP contribution in [0.3, 0.4) is 0 Å². The van der Waals surface area contributed by atoms with Crippen molar-refractivity contribution in [1.82, 2.24) is 9.80 Å². The molecule has 5 heteroatoms. The van der Waals surface area contributed by atoms with E-state index in [1.165, 1.54) is 31.5 Å². The SMILES string of the molecule is CN1CCC(CN(C)C(CN)c2ccc(Cl)cc2Br)CC1. The molecule has 3 nitrogen and oxygen atoms in total. The van der Waals surface area contributed by atoms with Crippen molar-refractivity contribution in [3.05, 3.63) is 33.3 Å². The molecule has 1 fully saturated rings. The van der Waals surface area contributed by atoms with Gasteiger partial charge in [-0.25, -0.2) is 0 Å². The summed E-state index contributed by atoms with van der Waals surface area (Å²) in [5, 5.41) is 0.749. The average molecular weight is 375 g/mol. The molecule has 1 aliphatic heterocycles. The van der Waals surface area contributed by atoms with Gasteiger partial charge in [-0.05, 0) is 63.6 Å². The van der Waals surface area contributed by atoms with Gasteiger partial charge in [-0.1, -0.05) is 33.6 Å². The van der Waals surface area contributed by atoms with Crippen molar-refractivity contribution in [3.8, 4) is 0 Å². The van der Waals surface area contributed by atoms with E-state index in [-0.39, 0.29) is 6.04 Å². The second-order valence-corrected chi connectivity index (χ2v) is 7.39. The number of benzene rings is 1. The predicted octanol–water partition coefficient (Wildman–Crippen LogP) is 3.38. The molecular formula is C16H25BrClN3. The van der Waals surface area contributed by atoms with E-state index < -0.39 is 0 Å². The first-order chi connectivity index (χ1) is 10.0. The molecular weight excluding hydrogens is 350 g/mol. The van der Waals surface area contributed by atoms with Gasteiger partial charge in [0.05, 0.1) is 0 Å². The van der Waals surface area contributed by atoms with Crippen molar-refractivity contribution in [2.75, 3.05) is 40.3 Å². The van der Waals surface area contributed by atoms with Crippen molar-refractivity contribution >= 4 is 27.5 Å². The number of likely N-dealkylation sites (tertiary alicyclic amines) is 1. The lowest BCUT2D eigenvalue weighted by atomic mass is 9.95. The Bertz CT molecular complexity index is 461. The maximum Gasteiger partial charge on any atom is 0.0478 e. The van der Waals surface area contributed by atoms with E-state index in [4.69, 9.17) is 17.3 Å². The number of hydrogen-bond acceptors (Lipinski definition) is 3. The third-order valence-corrected chi connectivity index (χ3v) is 5.38. The van der Waals surface area contributed by atoms with Crippen LogP contribution in [-0.4, -0.2) is 50.1 Å². The summed E-state index contributed by atoms with van der Waals surface area (Å²) in [6.45, 7) is 4.13. The summed E-state index contributed by atoms with van der Waals surface area (Å²) in [6, 6.07) is 6.20. The van der Waals surface area contributed by atoms with Gasteiger partial charge in [0, 0.05) is 28.6 Å². The van der Waals surface area contributed by atoms with Crippen molar-refractivity contribution in [2.45, 2.75) is 18.9 Å². The van der Waals surface area contributed by atoms with Crippen molar-refractivity contribution < 1.29 is 0 Å². The van der Waals surface area contributed by atoms with Crippen LogP contribution in [0.5, 0.6) is 0 Å². The molecule has 0 aliphatic carbocycles. The second kappa shape index (κ2) is 7.93. The van der Waals surface area contributed by atoms with Crippen LogP contribution < -0.4 is 5.73 Å². The number of halogens is 2. The van der Waals surface area contributed by atoms with E-state index in [9.17, 15) is 0 Å². The first kappa shape index (κ1) is 17.2. The summed E-state index contributed by atoms with van der Waals surface area (Å²) in [4.78, 5) is 4.80. The molecule has 1 saturated heterocycles. The van der Waals surface area contributed by atoms with Gasteiger partial charge in [-0.3, -0.25) is 4.90 Å². The minimum atomic E-state index is 0.233. The Morgan fingerprint density at radius 1 is 1.43 bits per heavy atom. The van der Waals surface area contributed by atoms with Gasteiger partial charge >= 0.3 is 0 Å². The lowest BCUT2D eigenvalue weighted by Crippen LogP contribution is -2.38. The smallest absolute Gasteiger partial charge is 0.0478 e. The van der Waals surface area contributed by atoms with Crippen molar-refractivity contribution in [2.24, 2.45) is 11.7 Å². The van der Waals surface area contributed by atoms with Crippen LogP contribution >= 0.6 is 27.5 Å². The molecule has 0 saturated carbocycles. The highest BCUT2D eigenvalue weighted by Gasteiger charge is 2.23. The van der Waals surface area contributed by atoms with Crippen LogP contribution in [0.4, 0.5) is 0 Å². The molecule has 0 spiro atoms. The Balaban J connectivity index is 2.02. The number of likely N-dealkylation sites (N-methyl/N-ethyl adjacent to an activating group) is 1. The summed E-state index contributed by atoms with van der Waals surface area (Å²) < 4.78 is 1.04. The van der Waals surface area contributed by atoms with Gasteiger partial charge in [-0.15, -0.1) is 0 Å². The summed E-state index contributed by atoms with van der Waals surface area (Å²) in [5.74, 6) is 0.770. The molecule has 1 aromatic carbocycles. The number of piperidine rings is 1. The van der Waals surface area contributed by atoms with Crippen molar-refractivity contribution in [3.63, 3.8) is 0 Å². The van der Waals surface area contributed by atoms with E-state index in [2.05, 4.69) is 45.9 Å². The zero-order valence-electron chi connectivity index (χ0n) is 12.9. The second-order valence-electron chi connectivity index (χ2n) is 6.10. The monoisotopic (exact) mass is 373 g/mol. The Labute approximate surface area is 141 Å². The number of nitrogens with zero attached hydrogens (tertiary/aromatic N) is 2. The number of nitrogens with two attached hydrogens (primary N) is 1. The minimum Gasteiger partial charge on any atom is -0.329 e. The quantitative estimate of drug-likeness (QED) is 0.857. The fourth-order valence-electron chi connectivity index (χ4n) is 3.10. The minimum absolute atomic E-state index is 0.233. The Kier molecular flexibility index (Phi) is 6.51. The van der Waals surface area contributed by atoms with Crippen LogP contribution in [0.2, 0.25) is 5.02 Å². The van der Waals surface area contributed by atoms with E-state index in [0.717, 1.165) is 22.0 Å². The molecule has 0 aromatic heterocycles. The first-order valence-corrected chi connectivity index (χ1v) is 8.72. The highest BCUT2D eigenvalue weighted by Crippen LogP contribution is 2.30. The fourth-order valence-corrected chi connectivity index (χ4v) is 4.04. The van der Waals surface area contributed by atoms with E-state index in [1.54, 1.807) is 0 Å². The molecule has 0 amide bonds. The third kappa shape index (κ3) is 4.67. The number of rotatable bonds is 5. The lowest BCUT2D eigenvalue weighted by molar-refractivity contribution is 0.151. The maximum absolute atomic E-state index is 6.04. The van der Waals surface area contributed by atoms with E-state index >= 15 is 0 Å². The zero-order valence-corrected chi connectivity index (χ0v) is 15.2. The van der Waals surface area contributed by atoms with Gasteiger partial charge in [-0.2, -0.15) is 0 Å². The molecule has 21 heavy (non-hydrogen) atoms. The Morgan fingerprint density at radius 2 is 2.10 bits per heavy atom. The van der Waals surface area contributed by atoms with E-state index in [0.29, 0.717) is 6.54 Å². The topological polar surface area (TPSA) is 32.5 Å². The molecule has 2 rings (SSSR count). The molecule has 1 unspecified atom stereocenters. The highest BCUT2D eigenvalue weighted by molar-refractivity contribution is 9.10. The summed E-state index contributed by atoms with van der Waals surface area (Å²) in [5.41, 5.74) is 7.26. The third-order valence-electron chi connectivity index (χ3n) is 4.46. The molecule has 1 aliphatic rings. The van der Waals surface area contributed by atoms with Crippen LogP contribution in [0.1, 0.15) is 24.4 Å². The molecule has 0 bridgehead atoms. The Hall–Kier alpha value is -0.130. The molecule has 118 valence electrons. The van der Waals surface area contributed by atoms with Crippen LogP contribution in [0.25, 0.3) is 0 Å². The van der Waals surface area contributed by atoms with Crippen LogP contribution in [0.15, 0.2) is 22.7 Å². The van der Waals surface area contributed by atoms with Gasteiger partial charge in [0.15, 0.2) is 0 Å². The van der Waals surface area contributed by atoms with Crippen molar-refractivity contribution in [1.29, 1.82) is 0 Å². The predicted molar refractivity (Wildman–Crippen MR) is 93.8 cm³/mol. The molecule has 2 N–H and O–H groups in total. The summed E-state index contributed by atoms with van der Waals surface area (Å²) in [6.07, 6.45) is 2.56. The van der Waals surface area contributed by atoms with Gasteiger partial charge in [0.2, 0.25) is 0 Å². The molecule has 1 aromatic rings. The van der Waals surface area contributed by atoms with Gasteiger partial charge < -0.3 is 10.6 Å². The highest BCUT2D eigenvalue weighted by atomic mass is 79.9. The van der Waals surface area contributed by atoms with Crippen LogP contribution in [0, 0.1) is 5.92 Å². The molecule has 1 heterocycles. The van der Waals surface area contributed by atoms with Crippen LogP contribution in [-0.2, 0) is 0 Å². The summed E-state index contributed by atoms with van der Waals surface area (Å²) >= 11 is 9.65. The van der Waals surface area contributed by atoms with Gasteiger partial charge in [0.1, 0.15) is 0 Å². The molecule has 0 radical (unpaired) electrons. The molecule has 1 atom stereocenters. The van der Waals surface area contributed by atoms with Gasteiger partial charge in [0.25, 0.3) is 0 Å². The van der Waals surface area contributed by atoms with E-state index in [1.807, 2.05) is 12.1 Å². The standard InChI is InChI=1S/C16H25BrClN3/c1-20-7-5-12(6-8-20)11-21(2)16(10-19)14-4-3-13(18)9-15(14)17/h3-4,9,12,16H,5-8,10-11,19H2,1-2H3. The Morgan fingerprint density at radius 3 is 2.67 bits per heavy atom. The normalized spacial score (nSPS) is 19.1. The average Bonchev–Trinajstić information content (AvgIpc) is 2.44. The summed E-state index contributed by atoms with van der Waals surface area (Å²) in [7, 11) is 4.38. The first-order valence-electron chi connectivity index (χ1n) is 7.55. The maximum atomic E-state index is 6.04. The largest absolute Gasteiger partial charge is 0.329 e. The lowest BCUT2D eigenvalue weighted by Gasteiger charge is -2.35. The number of hydrogen-bond donors (Lipinski definition) is 1.